The molecule has 0 radical (unpaired) electrons. The van der Waals surface area contributed by atoms with Crippen molar-refractivity contribution in [3.63, 3.8) is 0 Å². The van der Waals surface area contributed by atoms with E-state index in [-0.39, 0.29) is 0 Å². The third kappa shape index (κ3) is 2.38. The molecule has 1 saturated heterocycles. The van der Waals surface area contributed by atoms with Gasteiger partial charge in [0, 0.05) is 25.9 Å². The number of aromatic nitrogens is 1. The first-order chi connectivity index (χ1) is 7.72. The van der Waals surface area contributed by atoms with Crippen LogP contribution >= 0.6 is 15.9 Å². The molecule has 16 heavy (non-hydrogen) atoms. The van der Waals surface area contributed by atoms with E-state index in [0.717, 1.165) is 36.2 Å². The van der Waals surface area contributed by atoms with Gasteiger partial charge in [0.25, 0.3) is 0 Å². The molecular formula is C12H17BrN2O. The van der Waals surface area contributed by atoms with Crippen molar-refractivity contribution in [1.82, 2.24) is 4.98 Å². The van der Waals surface area contributed by atoms with E-state index in [1.807, 2.05) is 12.3 Å². The highest BCUT2D eigenvalue weighted by atomic mass is 79.9. The van der Waals surface area contributed by atoms with Gasteiger partial charge in [0.15, 0.2) is 0 Å². The number of halogens is 1. The number of nitrogens with zero attached hydrogens (tertiary/aromatic N) is 2. The normalized spacial score (nSPS) is 20.4. The zero-order chi connectivity index (χ0) is 11.5. The second-order valence-corrected chi connectivity index (χ2v) is 5.17. The number of aliphatic hydroxyl groups is 1. The van der Waals surface area contributed by atoms with Crippen LogP contribution in [0.3, 0.4) is 0 Å². The lowest BCUT2D eigenvalue weighted by atomic mass is 10.1. The number of aliphatic hydroxyl groups excluding tert-OH is 1. The van der Waals surface area contributed by atoms with Crippen LogP contribution in [0.1, 0.15) is 18.4 Å². The number of anilines is 1. The van der Waals surface area contributed by atoms with E-state index >= 15 is 0 Å². The Kier molecular flexibility index (Phi) is 3.82. The van der Waals surface area contributed by atoms with Crippen molar-refractivity contribution in [1.29, 1.82) is 0 Å². The fraction of sp³-hybridized carbons (Fsp3) is 0.583. The molecule has 2 heterocycles. The topological polar surface area (TPSA) is 36.4 Å². The van der Waals surface area contributed by atoms with Gasteiger partial charge in [-0.3, -0.25) is 0 Å². The predicted octanol–water partition coefficient (Wildman–Crippen LogP) is 2.36. The molecule has 0 aliphatic carbocycles. The molecular weight excluding hydrogens is 268 g/mol. The maximum absolute atomic E-state index is 8.94. The lowest BCUT2D eigenvalue weighted by molar-refractivity contribution is 0.263. The molecule has 1 fully saturated rings. The van der Waals surface area contributed by atoms with E-state index < -0.39 is 0 Å². The van der Waals surface area contributed by atoms with Gasteiger partial charge < -0.3 is 10.0 Å². The molecule has 88 valence electrons. The molecule has 1 unspecified atom stereocenters. The van der Waals surface area contributed by atoms with E-state index in [0.29, 0.717) is 12.5 Å². The van der Waals surface area contributed by atoms with Gasteiger partial charge in [-0.25, -0.2) is 4.98 Å². The highest BCUT2D eigenvalue weighted by Crippen LogP contribution is 2.31. The van der Waals surface area contributed by atoms with Crippen molar-refractivity contribution in [2.75, 3.05) is 24.6 Å². The molecule has 0 spiro atoms. The number of rotatable bonds is 3. The summed E-state index contributed by atoms with van der Waals surface area (Å²) in [6, 6.07) is 2.01. The number of aryl methyl sites for hydroxylation is 1. The second kappa shape index (κ2) is 5.15. The first kappa shape index (κ1) is 11.9. The third-order valence-electron chi connectivity index (χ3n) is 3.19. The summed E-state index contributed by atoms with van der Waals surface area (Å²) >= 11 is 3.60. The molecule has 0 bridgehead atoms. The first-order valence-electron chi connectivity index (χ1n) is 5.69. The van der Waals surface area contributed by atoms with E-state index in [9.17, 15) is 0 Å². The van der Waals surface area contributed by atoms with Crippen LogP contribution in [-0.2, 0) is 0 Å². The maximum Gasteiger partial charge on any atom is 0.143 e. The van der Waals surface area contributed by atoms with Gasteiger partial charge in [0.2, 0.25) is 0 Å². The molecule has 2 rings (SSSR count). The molecule has 1 N–H and O–H groups in total. The van der Waals surface area contributed by atoms with Crippen molar-refractivity contribution in [2.24, 2.45) is 5.92 Å². The summed E-state index contributed by atoms with van der Waals surface area (Å²) in [5, 5.41) is 8.94. The predicted molar refractivity (Wildman–Crippen MR) is 68.7 cm³/mol. The smallest absolute Gasteiger partial charge is 0.143 e. The van der Waals surface area contributed by atoms with Gasteiger partial charge in [0.1, 0.15) is 5.82 Å². The lowest BCUT2D eigenvalue weighted by Gasteiger charge is -2.19. The van der Waals surface area contributed by atoms with Crippen LogP contribution in [0.2, 0.25) is 0 Å². The summed E-state index contributed by atoms with van der Waals surface area (Å²) in [4.78, 5) is 6.74. The monoisotopic (exact) mass is 284 g/mol. The second-order valence-electron chi connectivity index (χ2n) is 4.38. The Morgan fingerprint density at radius 2 is 2.44 bits per heavy atom. The van der Waals surface area contributed by atoms with Gasteiger partial charge in [0.05, 0.1) is 4.47 Å². The van der Waals surface area contributed by atoms with Crippen LogP contribution < -0.4 is 4.90 Å². The maximum atomic E-state index is 8.94. The van der Waals surface area contributed by atoms with Gasteiger partial charge in [-0.2, -0.15) is 0 Å². The van der Waals surface area contributed by atoms with E-state index in [1.54, 1.807) is 0 Å². The summed E-state index contributed by atoms with van der Waals surface area (Å²) in [6.07, 6.45) is 3.91. The zero-order valence-corrected chi connectivity index (χ0v) is 11.1. The van der Waals surface area contributed by atoms with Gasteiger partial charge >= 0.3 is 0 Å². The van der Waals surface area contributed by atoms with Crippen molar-refractivity contribution < 1.29 is 5.11 Å². The van der Waals surface area contributed by atoms with Crippen LogP contribution in [0.4, 0.5) is 5.82 Å². The zero-order valence-electron chi connectivity index (χ0n) is 9.49. The molecule has 3 nitrogen and oxygen atoms in total. The summed E-state index contributed by atoms with van der Waals surface area (Å²) < 4.78 is 1.10. The van der Waals surface area contributed by atoms with Crippen LogP contribution in [0.25, 0.3) is 0 Å². The fourth-order valence-electron chi connectivity index (χ4n) is 2.19. The molecule has 0 saturated carbocycles. The van der Waals surface area contributed by atoms with E-state index in [4.69, 9.17) is 5.11 Å². The minimum Gasteiger partial charge on any atom is -0.396 e. The quantitative estimate of drug-likeness (QED) is 0.926. The highest BCUT2D eigenvalue weighted by molar-refractivity contribution is 9.10. The number of hydrogen-bond acceptors (Lipinski definition) is 3. The fourth-order valence-corrected chi connectivity index (χ4v) is 2.67. The molecule has 1 atom stereocenters. The molecule has 1 aliphatic heterocycles. The summed E-state index contributed by atoms with van der Waals surface area (Å²) in [6.45, 7) is 4.42. The minimum absolute atomic E-state index is 0.293. The standard InChI is InChI=1S/C12H17BrN2O/c1-9-2-5-14-12(11(9)13)15-6-3-10(8-15)4-7-16/h2,5,10,16H,3-4,6-8H2,1H3. The van der Waals surface area contributed by atoms with Crippen LogP contribution in [-0.4, -0.2) is 29.8 Å². The molecule has 0 amide bonds. The largest absolute Gasteiger partial charge is 0.396 e. The van der Waals surface area contributed by atoms with Crippen LogP contribution in [0.15, 0.2) is 16.7 Å². The van der Waals surface area contributed by atoms with Gasteiger partial charge in [-0.15, -0.1) is 0 Å². The molecule has 0 aromatic carbocycles. The lowest BCUT2D eigenvalue weighted by Crippen LogP contribution is -2.21. The average molecular weight is 285 g/mol. The minimum atomic E-state index is 0.293. The summed E-state index contributed by atoms with van der Waals surface area (Å²) in [5.41, 5.74) is 1.22. The molecule has 4 heteroatoms. The molecule has 1 aromatic rings. The average Bonchev–Trinajstić information content (AvgIpc) is 2.71. The SMILES string of the molecule is Cc1ccnc(N2CCC(CCO)C2)c1Br. The van der Waals surface area contributed by atoms with Crippen molar-refractivity contribution in [2.45, 2.75) is 19.8 Å². The van der Waals surface area contributed by atoms with Crippen molar-refractivity contribution in [3.8, 4) is 0 Å². The Labute approximate surface area is 105 Å². The Bertz CT molecular complexity index is 370. The summed E-state index contributed by atoms with van der Waals surface area (Å²) in [5.74, 6) is 1.65. The van der Waals surface area contributed by atoms with Crippen molar-refractivity contribution >= 4 is 21.7 Å². The van der Waals surface area contributed by atoms with Gasteiger partial charge in [-0.1, -0.05) is 0 Å². The Hall–Kier alpha value is -0.610. The Morgan fingerprint density at radius 1 is 1.62 bits per heavy atom. The third-order valence-corrected chi connectivity index (χ3v) is 4.17. The van der Waals surface area contributed by atoms with Crippen molar-refractivity contribution in [3.05, 3.63) is 22.3 Å². The molecule has 1 aromatic heterocycles. The summed E-state index contributed by atoms with van der Waals surface area (Å²) in [7, 11) is 0. The highest BCUT2D eigenvalue weighted by Gasteiger charge is 2.24. The van der Waals surface area contributed by atoms with Crippen LogP contribution in [0.5, 0.6) is 0 Å². The van der Waals surface area contributed by atoms with Crippen LogP contribution in [0, 0.1) is 12.8 Å². The van der Waals surface area contributed by atoms with Gasteiger partial charge in [-0.05, 0) is 53.2 Å². The number of pyridine rings is 1. The number of hydrogen-bond donors (Lipinski definition) is 1. The molecule has 1 aliphatic rings. The van der Waals surface area contributed by atoms with E-state index in [2.05, 4.69) is 32.7 Å². The first-order valence-corrected chi connectivity index (χ1v) is 6.48. The van der Waals surface area contributed by atoms with E-state index in [1.165, 1.54) is 5.56 Å². The Balaban J connectivity index is 2.11. The Morgan fingerprint density at radius 3 is 3.19 bits per heavy atom.